The molecule has 0 amide bonds. The Morgan fingerprint density at radius 2 is 1.75 bits per heavy atom. The van der Waals surface area contributed by atoms with Crippen LogP contribution in [0.3, 0.4) is 0 Å². The van der Waals surface area contributed by atoms with E-state index in [1.807, 2.05) is 12.1 Å². The summed E-state index contributed by atoms with van der Waals surface area (Å²) in [6, 6.07) is 19.0. The zero-order valence-electron chi connectivity index (χ0n) is 16.7. The summed E-state index contributed by atoms with van der Waals surface area (Å²) in [6.07, 6.45) is 4.80. The topological polar surface area (TPSA) is 37.4 Å². The molecular formula is C24H29N3O. The van der Waals surface area contributed by atoms with E-state index in [0.29, 0.717) is 0 Å². The average Bonchev–Trinajstić information content (AvgIpc) is 2.77. The summed E-state index contributed by atoms with van der Waals surface area (Å²) in [6.45, 7) is 3.96. The Kier molecular flexibility index (Phi) is 6.07. The zero-order chi connectivity index (χ0) is 19.2. The molecule has 4 nitrogen and oxygen atoms in total. The monoisotopic (exact) mass is 375 g/mol. The highest BCUT2D eigenvalue weighted by Gasteiger charge is 2.17. The van der Waals surface area contributed by atoms with Gasteiger partial charge in [-0.25, -0.2) is 4.98 Å². The van der Waals surface area contributed by atoms with Crippen LogP contribution in [0.25, 0.3) is 10.9 Å². The molecule has 0 spiro atoms. The first-order valence-electron chi connectivity index (χ1n) is 10.3. The predicted octanol–water partition coefficient (Wildman–Crippen LogP) is 4.57. The highest BCUT2D eigenvalue weighted by molar-refractivity contribution is 5.81. The van der Waals surface area contributed by atoms with Gasteiger partial charge in [0.2, 0.25) is 0 Å². The van der Waals surface area contributed by atoms with Crippen molar-refractivity contribution < 1.29 is 4.74 Å². The van der Waals surface area contributed by atoms with Crippen LogP contribution >= 0.6 is 0 Å². The number of hydrogen-bond donors (Lipinski definition) is 1. The smallest absolute Gasteiger partial charge is 0.133 e. The molecule has 146 valence electrons. The molecule has 0 radical (unpaired) electrons. The number of rotatable bonds is 7. The summed E-state index contributed by atoms with van der Waals surface area (Å²) in [5, 5.41) is 4.84. The highest BCUT2D eigenvalue weighted by atomic mass is 16.5. The van der Waals surface area contributed by atoms with Crippen molar-refractivity contribution in [2.24, 2.45) is 0 Å². The van der Waals surface area contributed by atoms with Crippen LogP contribution in [0.2, 0.25) is 0 Å². The second kappa shape index (κ2) is 9.07. The van der Waals surface area contributed by atoms with Crippen molar-refractivity contribution in [3.63, 3.8) is 0 Å². The van der Waals surface area contributed by atoms with Crippen LogP contribution in [0.15, 0.2) is 54.6 Å². The maximum absolute atomic E-state index is 5.46. The number of hydrogen-bond acceptors (Lipinski definition) is 4. The fraction of sp³-hybridized carbons (Fsp3) is 0.375. The Hall–Kier alpha value is -2.59. The molecule has 1 fully saturated rings. The zero-order valence-corrected chi connectivity index (χ0v) is 16.7. The van der Waals surface area contributed by atoms with E-state index in [9.17, 15) is 0 Å². The largest absolute Gasteiger partial charge is 0.496 e. The molecule has 28 heavy (non-hydrogen) atoms. The van der Waals surface area contributed by atoms with Gasteiger partial charge in [-0.05, 0) is 56.0 Å². The number of piperidine rings is 1. The van der Waals surface area contributed by atoms with Crippen molar-refractivity contribution in [1.82, 2.24) is 10.3 Å². The quantitative estimate of drug-likeness (QED) is 0.614. The van der Waals surface area contributed by atoms with Gasteiger partial charge in [0.15, 0.2) is 0 Å². The number of pyridine rings is 1. The fourth-order valence-corrected chi connectivity index (χ4v) is 4.01. The number of benzene rings is 2. The average molecular weight is 376 g/mol. The molecule has 0 atom stereocenters. The van der Waals surface area contributed by atoms with Crippen molar-refractivity contribution in [2.75, 3.05) is 31.6 Å². The standard InChI is InChI=1S/C24H29N3O/c1-28-23-12-6-4-9-19(23)13-14-25-18-21-17-20-10-3-5-11-22(20)26-24(21)27-15-7-2-8-16-27/h3-6,9-12,17,25H,2,7-8,13-16,18H2,1H3. The van der Waals surface area contributed by atoms with Crippen molar-refractivity contribution >= 4 is 16.7 Å². The first-order valence-corrected chi connectivity index (χ1v) is 10.3. The van der Waals surface area contributed by atoms with E-state index in [0.717, 1.165) is 49.7 Å². The van der Waals surface area contributed by atoms with Gasteiger partial charge < -0.3 is 15.0 Å². The maximum Gasteiger partial charge on any atom is 0.133 e. The van der Waals surface area contributed by atoms with Crippen LogP contribution in [-0.2, 0) is 13.0 Å². The molecule has 1 aliphatic heterocycles. The van der Waals surface area contributed by atoms with Crippen LogP contribution in [-0.4, -0.2) is 31.7 Å². The summed E-state index contributed by atoms with van der Waals surface area (Å²) >= 11 is 0. The molecule has 1 aliphatic rings. The van der Waals surface area contributed by atoms with E-state index in [4.69, 9.17) is 9.72 Å². The Bertz CT molecular complexity index is 919. The fourth-order valence-electron chi connectivity index (χ4n) is 4.01. The SMILES string of the molecule is COc1ccccc1CCNCc1cc2ccccc2nc1N1CCCCC1. The van der Waals surface area contributed by atoms with Crippen LogP contribution < -0.4 is 15.0 Å². The lowest BCUT2D eigenvalue weighted by atomic mass is 10.1. The Balaban J connectivity index is 1.48. The van der Waals surface area contributed by atoms with Crippen molar-refractivity contribution in [2.45, 2.75) is 32.2 Å². The molecule has 0 aliphatic carbocycles. The molecule has 0 unspecified atom stereocenters. The number of aromatic nitrogens is 1. The van der Waals surface area contributed by atoms with Gasteiger partial charge in [0.1, 0.15) is 11.6 Å². The third-order valence-electron chi connectivity index (χ3n) is 5.51. The van der Waals surface area contributed by atoms with Crippen LogP contribution in [0.5, 0.6) is 5.75 Å². The third kappa shape index (κ3) is 4.28. The number of anilines is 1. The third-order valence-corrected chi connectivity index (χ3v) is 5.51. The summed E-state index contributed by atoms with van der Waals surface area (Å²) in [5.41, 5.74) is 3.62. The number of nitrogens with zero attached hydrogens (tertiary/aromatic N) is 2. The molecule has 1 saturated heterocycles. The van der Waals surface area contributed by atoms with Crippen LogP contribution in [0.1, 0.15) is 30.4 Å². The predicted molar refractivity (Wildman–Crippen MR) is 116 cm³/mol. The van der Waals surface area contributed by atoms with Crippen molar-refractivity contribution in [3.8, 4) is 5.75 Å². The van der Waals surface area contributed by atoms with Crippen LogP contribution in [0.4, 0.5) is 5.82 Å². The van der Waals surface area contributed by atoms with E-state index in [2.05, 4.69) is 52.7 Å². The minimum atomic E-state index is 0.832. The molecule has 2 heterocycles. The Morgan fingerprint density at radius 3 is 2.61 bits per heavy atom. The second-order valence-corrected chi connectivity index (χ2v) is 7.45. The molecule has 2 aromatic carbocycles. The van der Waals surface area contributed by atoms with Crippen molar-refractivity contribution in [1.29, 1.82) is 0 Å². The van der Waals surface area contributed by atoms with Gasteiger partial charge in [0.05, 0.1) is 12.6 Å². The first kappa shape index (κ1) is 18.8. The Labute approximate surface area is 167 Å². The molecule has 3 aromatic rings. The van der Waals surface area contributed by atoms with E-state index in [-0.39, 0.29) is 0 Å². The normalized spacial score (nSPS) is 14.4. The van der Waals surface area contributed by atoms with Crippen LogP contribution in [0, 0.1) is 0 Å². The van der Waals surface area contributed by atoms with E-state index in [1.165, 1.54) is 35.8 Å². The van der Waals surface area contributed by atoms with Gasteiger partial charge in [-0.1, -0.05) is 36.4 Å². The number of para-hydroxylation sites is 2. The van der Waals surface area contributed by atoms with E-state index >= 15 is 0 Å². The molecule has 1 N–H and O–H groups in total. The second-order valence-electron chi connectivity index (χ2n) is 7.45. The minimum Gasteiger partial charge on any atom is -0.496 e. The highest BCUT2D eigenvalue weighted by Crippen LogP contribution is 2.26. The lowest BCUT2D eigenvalue weighted by Crippen LogP contribution is -2.32. The first-order chi connectivity index (χ1) is 13.8. The number of ether oxygens (including phenoxy) is 1. The van der Waals surface area contributed by atoms with Gasteiger partial charge >= 0.3 is 0 Å². The minimum absolute atomic E-state index is 0.832. The molecular weight excluding hydrogens is 346 g/mol. The lowest BCUT2D eigenvalue weighted by Gasteiger charge is -2.30. The summed E-state index contributed by atoms with van der Waals surface area (Å²) in [5.74, 6) is 2.12. The lowest BCUT2D eigenvalue weighted by molar-refractivity contribution is 0.409. The van der Waals surface area contributed by atoms with Gasteiger partial charge in [-0.3, -0.25) is 0 Å². The van der Waals surface area contributed by atoms with E-state index in [1.54, 1.807) is 7.11 Å². The number of nitrogens with one attached hydrogen (secondary N) is 1. The van der Waals surface area contributed by atoms with Gasteiger partial charge in [-0.15, -0.1) is 0 Å². The molecule has 4 rings (SSSR count). The van der Waals surface area contributed by atoms with Gasteiger partial charge in [0, 0.05) is 30.6 Å². The number of methoxy groups -OCH3 is 1. The maximum atomic E-state index is 5.46. The molecule has 0 bridgehead atoms. The molecule has 0 saturated carbocycles. The molecule has 1 aromatic heterocycles. The Morgan fingerprint density at radius 1 is 0.964 bits per heavy atom. The van der Waals surface area contributed by atoms with Gasteiger partial charge in [0.25, 0.3) is 0 Å². The van der Waals surface area contributed by atoms with E-state index < -0.39 is 0 Å². The van der Waals surface area contributed by atoms with Crippen molar-refractivity contribution in [3.05, 3.63) is 65.7 Å². The summed E-state index contributed by atoms with van der Waals surface area (Å²) < 4.78 is 5.46. The summed E-state index contributed by atoms with van der Waals surface area (Å²) in [4.78, 5) is 7.49. The number of fused-ring (bicyclic) bond motifs is 1. The summed E-state index contributed by atoms with van der Waals surface area (Å²) in [7, 11) is 1.73. The molecule has 4 heteroatoms. The van der Waals surface area contributed by atoms with Gasteiger partial charge in [-0.2, -0.15) is 0 Å².